The van der Waals surface area contributed by atoms with E-state index in [1.54, 1.807) is 20.2 Å². The van der Waals surface area contributed by atoms with E-state index >= 15 is 0 Å². The zero-order valence-corrected chi connectivity index (χ0v) is 16.8. The molecule has 0 fully saturated rings. The third-order valence-corrected chi connectivity index (χ3v) is 4.64. The van der Waals surface area contributed by atoms with Gasteiger partial charge in [-0.2, -0.15) is 5.10 Å². The predicted octanol–water partition coefficient (Wildman–Crippen LogP) is 3.50. The minimum atomic E-state index is -0.372. The number of amides is 1. The molecule has 132 valence electrons. The van der Waals surface area contributed by atoms with Crippen LogP contribution < -0.4 is 10.2 Å². The van der Waals surface area contributed by atoms with Gasteiger partial charge in [0.1, 0.15) is 5.75 Å². The second kappa shape index (κ2) is 8.96. The Balaban J connectivity index is 1.98. The lowest BCUT2D eigenvalue weighted by Gasteiger charge is -2.09. The smallest absolute Gasteiger partial charge is 0.253 e. The number of halogens is 1. The van der Waals surface area contributed by atoms with E-state index in [1.807, 2.05) is 38.1 Å². The maximum Gasteiger partial charge on any atom is 0.253 e. The van der Waals surface area contributed by atoms with Gasteiger partial charge in [0.2, 0.25) is 0 Å². The monoisotopic (exact) mass is 422 g/mol. The number of hydrogen-bond acceptors (Lipinski definition) is 6. The van der Waals surface area contributed by atoms with Crippen LogP contribution in [0.5, 0.6) is 5.75 Å². The van der Waals surface area contributed by atoms with Gasteiger partial charge in [-0.15, -0.1) is 0 Å². The number of thioether (sulfide) groups is 1. The summed E-state index contributed by atoms with van der Waals surface area (Å²) in [5.41, 5.74) is 5.05. The highest BCUT2D eigenvalue weighted by molar-refractivity contribution is 9.10. The molecule has 2 rings (SSSR count). The Morgan fingerprint density at radius 1 is 1.32 bits per heavy atom. The Morgan fingerprint density at radius 3 is 2.64 bits per heavy atom. The standard InChI is InChI=1S/C17H19BrN4O2S/c1-10-7-11(2)21-17(20-10)25-12(3)16(23)22-19-9-13-8-14(18)5-6-15(13)24-4/h5-9,12H,1-4H3,(H,22,23)/b19-9-/t12-/m1/s1. The van der Waals surface area contributed by atoms with Crippen LogP contribution >= 0.6 is 27.7 Å². The Kier molecular flexibility index (Phi) is 6.95. The van der Waals surface area contributed by atoms with E-state index in [4.69, 9.17) is 4.74 Å². The molecule has 8 heteroatoms. The summed E-state index contributed by atoms with van der Waals surface area (Å²) < 4.78 is 6.16. The highest BCUT2D eigenvalue weighted by atomic mass is 79.9. The topological polar surface area (TPSA) is 76.5 Å². The molecule has 0 aliphatic carbocycles. The van der Waals surface area contributed by atoms with Gasteiger partial charge in [0, 0.05) is 21.4 Å². The lowest BCUT2D eigenvalue weighted by atomic mass is 10.2. The van der Waals surface area contributed by atoms with Crippen LogP contribution in [0.15, 0.2) is 39.0 Å². The van der Waals surface area contributed by atoms with Gasteiger partial charge in [0.15, 0.2) is 5.16 Å². The van der Waals surface area contributed by atoms with Crippen molar-refractivity contribution >= 4 is 39.8 Å². The number of aromatic nitrogens is 2. The highest BCUT2D eigenvalue weighted by Crippen LogP contribution is 2.22. The zero-order chi connectivity index (χ0) is 18.4. The first-order valence-electron chi connectivity index (χ1n) is 7.54. The van der Waals surface area contributed by atoms with Crippen molar-refractivity contribution in [2.75, 3.05) is 7.11 Å². The molecule has 1 amide bonds. The molecular formula is C17H19BrN4O2S. The number of nitrogens with one attached hydrogen (secondary N) is 1. The summed E-state index contributed by atoms with van der Waals surface area (Å²) in [4.78, 5) is 20.8. The molecule has 0 radical (unpaired) electrons. The average Bonchev–Trinajstić information content (AvgIpc) is 2.54. The summed E-state index contributed by atoms with van der Waals surface area (Å²) in [7, 11) is 1.59. The molecule has 1 aromatic carbocycles. The van der Waals surface area contributed by atoms with Crippen LogP contribution in [0.1, 0.15) is 23.9 Å². The number of hydrogen-bond donors (Lipinski definition) is 1. The van der Waals surface area contributed by atoms with Gasteiger partial charge in [-0.1, -0.05) is 27.7 Å². The van der Waals surface area contributed by atoms with Crippen molar-refractivity contribution in [1.29, 1.82) is 0 Å². The predicted molar refractivity (Wildman–Crippen MR) is 103 cm³/mol. The first-order chi connectivity index (χ1) is 11.9. The first kappa shape index (κ1) is 19.4. The second-order valence-electron chi connectivity index (χ2n) is 5.31. The Morgan fingerprint density at radius 2 is 2.00 bits per heavy atom. The number of carbonyl (C=O) groups is 1. The van der Waals surface area contributed by atoms with Crippen molar-refractivity contribution in [1.82, 2.24) is 15.4 Å². The molecular weight excluding hydrogens is 404 g/mol. The van der Waals surface area contributed by atoms with Crippen LogP contribution in [0.3, 0.4) is 0 Å². The average molecular weight is 423 g/mol. The van der Waals surface area contributed by atoms with Crippen molar-refractivity contribution in [2.45, 2.75) is 31.2 Å². The first-order valence-corrected chi connectivity index (χ1v) is 9.21. The SMILES string of the molecule is COc1ccc(Br)cc1/C=N\NC(=O)[C@@H](C)Sc1nc(C)cc(C)n1. The van der Waals surface area contributed by atoms with Crippen LogP contribution in [0.2, 0.25) is 0 Å². The molecule has 1 atom stereocenters. The molecule has 0 spiro atoms. The van der Waals surface area contributed by atoms with Gasteiger partial charge in [-0.25, -0.2) is 15.4 Å². The molecule has 0 aliphatic heterocycles. The molecule has 0 aliphatic rings. The van der Waals surface area contributed by atoms with Crippen molar-refractivity contribution in [2.24, 2.45) is 5.10 Å². The van der Waals surface area contributed by atoms with E-state index in [-0.39, 0.29) is 11.2 Å². The number of benzene rings is 1. The number of nitrogens with zero attached hydrogens (tertiary/aromatic N) is 3. The van der Waals surface area contributed by atoms with E-state index in [0.29, 0.717) is 10.9 Å². The third kappa shape index (κ3) is 5.82. The van der Waals surface area contributed by atoms with E-state index < -0.39 is 0 Å². The molecule has 1 heterocycles. The number of rotatable bonds is 6. The number of hydrazone groups is 1. The molecule has 0 saturated heterocycles. The summed E-state index contributed by atoms with van der Waals surface area (Å²) in [5, 5.41) is 4.22. The van der Waals surface area contributed by atoms with Crippen molar-refractivity contribution in [3.8, 4) is 5.75 Å². The molecule has 0 saturated carbocycles. The lowest BCUT2D eigenvalue weighted by Crippen LogP contribution is -2.27. The fourth-order valence-electron chi connectivity index (χ4n) is 2.02. The second-order valence-corrected chi connectivity index (χ2v) is 7.54. The Labute approximate surface area is 159 Å². The minimum Gasteiger partial charge on any atom is -0.496 e. The fourth-order valence-corrected chi connectivity index (χ4v) is 3.27. The quantitative estimate of drug-likeness (QED) is 0.333. The van der Waals surface area contributed by atoms with Crippen molar-refractivity contribution < 1.29 is 9.53 Å². The van der Waals surface area contributed by atoms with Crippen LogP contribution in [-0.4, -0.2) is 34.4 Å². The zero-order valence-electron chi connectivity index (χ0n) is 14.4. The number of methoxy groups -OCH3 is 1. The third-order valence-electron chi connectivity index (χ3n) is 3.18. The van der Waals surface area contributed by atoms with Gasteiger partial charge in [-0.05, 0) is 45.0 Å². The number of ether oxygens (including phenoxy) is 1. The van der Waals surface area contributed by atoms with E-state index in [2.05, 4.69) is 36.4 Å². The van der Waals surface area contributed by atoms with E-state index in [1.165, 1.54) is 11.8 Å². The molecule has 2 aromatic rings. The van der Waals surface area contributed by atoms with Gasteiger partial charge in [-0.3, -0.25) is 4.79 Å². The van der Waals surface area contributed by atoms with Crippen LogP contribution in [0.4, 0.5) is 0 Å². The summed E-state index contributed by atoms with van der Waals surface area (Å²) in [5.74, 6) is 0.449. The summed E-state index contributed by atoms with van der Waals surface area (Å²) >= 11 is 4.69. The molecule has 1 N–H and O–H groups in total. The highest BCUT2D eigenvalue weighted by Gasteiger charge is 2.16. The van der Waals surface area contributed by atoms with Gasteiger partial charge < -0.3 is 4.74 Å². The largest absolute Gasteiger partial charge is 0.496 e. The van der Waals surface area contributed by atoms with E-state index in [9.17, 15) is 4.79 Å². The molecule has 6 nitrogen and oxygen atoms in total. The van der Waals surface area contributed by atoms with Gasteiger partial charge >= 0.3 is 0 Å². The van der Waals surface area contributed by atoms with Crippen LogP contribution in [0, 0.1) is 13.8 Å². The van der Waals surface area contributed by atoms with Crippen LogP contribution in [-0.2, 0) is 4.79 Å². The fraction of sp³-hybridized carbons (Fsp3) is 0.294. The lowest BCUT2D eigenvalue weighted by molar-refractivity contribution is -0.120. The number of carbonyl (C=O) groups excluding carboxylic acids is 1. The summed E-state index contributed by atoms with van der Waals surface area (Å²) in [6.07, 6.45) is 1.55. The Hall–Kier alpha value is -1.93. The van der Waals surface area contributed by atoms with Crippen molar-refractivity contribution in [3.05, 3.63) is 45.7 Å². The normalized spacial score (nSPS) is 12.2. The molecule has 1 aromatic heterocycles. The molecule has 25 heavy (non-hydrogen) atoms. The Bertz CT molecular complexity index is 778. The van der Waals surface area contributed by atoms with Crippen LogP contribution in [0.25, 0.3) is 0 Å². The van der Waals surface area contributed by atoms with Gasteiger partial charge in [0.05, 0.1) is 18.6 Å². The minimum absolute atomic E-state index is 0.224. The number of aryl methyl sites for hydroxylation is 2. The van der Waals surface area contributed by atoms with Crippen molar-refractivity contribution in [3.63, 3.8) is 0 Å². The molecule has 0 unspecified atom stereocenters. The molecule has 0 bridgehead atoms. The maximum absolute atomic E-state index is 12.2. The summed E-state index contributed by atoms with van der Waals surface area (Å²) in [6, 6.07) is 7.45. The van der Waals surface area contributed by atoms with E-state index in [0.717, 1.165) is 21.4 Å². The summed E-state index contributed by atoms with van der Waals surface area (Å²) in [6.45, 7) is 5.59. The maximum atomic E-state index is 12.2. The van der Waals surface area contributed by atoms with Gasteiger partial charge in [0.25, 0.3) is 5.91 Å².